The van der Waals surface area contributed by atoms with Gasteiger partial charge in [0, 0.05) is 13.0 Å². The van der Waals surface area contributed by atoms with E-state index < -0.39 is 0 Å². The van der Waals surface area contributed by atoms with Crippen LogP contribution in [0.3, 0.4) is 0 Å². The lowest BCUT2D eigenvalue weighted by Crippen LogP contribution is -2.47. The standard InChI is InChI=1S/C11H21NO2/c1-8(2)11(14)12(3)9-6-4-5-7-10(9)13/h8-10,13H,4-7H2,1-3H3. The van der Waals surface area contributed by atoms with Gasteiger partial charge in [-0.25, -0.2) is 0 Å². The van der Waals surface area contributed by atoms with Crippen molar-refractivity contribution >= 4 is 5.91 Å². The molecule has 0 aliphatic heterocycles. The van der Waals surface area contributed by atoms with Crippen molar-refractivity contribution in [1.29, 1.82) is 0 Å². The third kappa shape index (κ3) is 2.47. The minimum atomic E-state index is -0.323. The summed E-state index contributed by atoms with van der Waals surface area (Å²) in [6.45, 7) is 3.79. The Kier molecular flexibility index (Phi) is 3.93. The number of aliphatic hydroxyl groups is 1. The van der Waals surface area contributed by atoms with E-state index in [-0.39, 0.29) is 24.0 Å². The number of nitrogens with zero attached hydrogens (tertiary/aromatic N) is 1. The maximum Gasteiger partial charge on any atom is 0.225 e. The van der Waals surface area contributed by atoms with Crippen molar-refractivity contribution in [1.82, 2.24) is 4.90 Å². The fourth-order valence-corrected chi connectivity index (χ4v) is 2.11. The minimum Gasteiger partial charge on any atom is -0.391 e. The first kappa shape index (κ1) is 11.5. The molecule has 0 aromatic carbocycles. The molecule has 0 saturated heterocycles. The van der Waals surface area contributed by atoms with Crippen molar-refractivity contribution in [2.24, 2.45) is 5.92 Å². The molecular weight excluding hydrogens is 178 g/mol. The highest BCUT2D eigenvalue weighted by atomic mass is 16.3. The average molecular weight is 199 g/mol. The zero-order chi connectivity index (χ0) is 10.7. The predicted octanol–water partition coefficient (Wildman–Crippen LogP) is 1.40. The first-order chi connectivity index (χ1) is 6.54. The highest BCUT2D eigenvalue weighted by Gasteiger charge is 2.29. The van der Waals surface area contributed by atoms with Gasteiger partial charge in [0.15, 0.2) is 0 Å². The second-order valence-corrected chi connectivity index (χ2v) is 4.52. The number of carbonyl (C=O) groups is 1. The third-order valence-corrected chi connectivity index (χ3v) is 3.03. The molecule has 1 fully saturated rings. The molecule has 1 N–H and O–H groups in total. The van der Waals surface area contributed by atoms with Gasteiger partial charge < -0.3 is 10.0 Å². The first-order valence-corrected chi connectivity index (χ1v) is 5.48. The van der Waals surface area contributed by atoms with Crippen molar-refractivity contribution in [2.45, 2.75) is 51.7 Å². The Morgan fingerprint density at radius 2 is 1.93 bits per heavy atom. The van der Waals surface area contributed by atoms with Gasteiger partial charge in [0.1, 0.15) is 0 Å². The summed E-state index contributed by atoms with van der Waals surface area (Å²) in [4.78, 5) is 13.4. The molecule has 82 valence electrons. The fraction of sp³-hybridized carbons (Fsp3) is 0.909. The Balaban J connectivity index is 2.57. The van der Waals surface area contributed by atoms with Crippen molar-refractivity contribution in [2.75, 3.05) is 7.05 Å². The Morgan fingerprint density at radius 1 is 1.36 bits per heavy atom. The third-order valence-electron chi connectivity index (χ3n) is 3.03. The van der Waals surface area contributed by atoms with Gasteiger partial charge in [0.2, 0.25) is 5.91 Å². The summed E-state index contributed by atoms with van der Waals surface area (Å²) >= 11 is 0. The van der Waals surface area contributed by atoms with Gasteiger partial charge in [-0.1, -0.05) is 26.7 Å². The SMILES string of the molecule is CC(C)C(=O)N(C)C1CCCCC1O. The predicted molar refractivity (Wildman–Crippen MR) is 55.9 cm³/mol. The molecule has 0 spiro atoms. The van der Waals surface area contributed by atoms with E-state index in [1.165, 1.54) is 0 Å². The van der Waals surface area contributed by atoms with E-state index in [0.29, 0.717) is 0 Å². The molecular formula is C11H21NO2. The first-order valence-electron chi connectivity index (χ1n) is 5.48. The van der Waals surface area contributed by atoms with Crippen molar-refractivity contribution in [3.63, 3.8) is 0 Å². The van der Waals surface area contributed by atoms with Crippen LogP contribution in [0, 0.1) is 5.92 Å². The zero-order valence-electron chi connectivity index (χ0n) is 9.36. The quantitative estimate of drug-likeness (QED) is 0.730. The highest BCUT2D eigenvalue weighted by molar-refractivity contribution is 5.78. The Bertz CT molecular complexity index is 203. The molecule has 2 unspecified atom stereocenters. The topological polar surface area (TPSA) is 40.5 Å². The fourth-order valence-electron chi connectivity index (χ4n) is 2.11. The largest absolute Gasteiger partial charge is 0.391 e. The van der Waals surface area contributed by atoms with Crippen LogP contribution >= 0.6 is 0 Å². The normalized spacial score (nSPS) is 27.8. The molecule has 0 radical (unpaired) electrons. The summed E-state index contributed by atoms with van der Waals surface area (Å²) in [6.07, 6.45) is 3.66. The molecule has 1 aliphatic carbocycles. The van der Waals surface area contributed by atoms with Crippen LogP contribution < -0.4 is 0 Å². The molecule has 3 heteroatoms. The maximum atomic E-state index is 11.7. The summed E-state index contributed by atoms with van der Waals surface area (Å²) in [5.41, 5.74) is 0. The van der Waals surface area contributed by atoms with Crippen LogP contribution in [0.4, 0.5) is 0 Å². The van der Waals surface area contributed by atoms with Crippen LogP contribution in [-0.2, 0) is 4.79 Å². The maximum absolute atomic E-state index is 11.7. The number of amides is 1. The van der Waals surface area contributed by atoms with Gasteiger partial charge in [0.25, 0.3) is 0 Å². The Labute approximate surface area is 86.1 Å². The van der Waals surface area contributed by atoms with Crippen molar-refractivity contribution < 1.29 is 9.90 Å². The number of hydrogen-bond acceptors (Lipinski definition) is 2. The van der Waals surface area contributed by atoms with E-state index in [1.54, 1.807) is 4.90 Å². The lowest BCUT2D eigenvalue weighted by Gasteiger charge is -2.36. The zero-order valence-corrected chi connectivity index (χ0v) is 9.36. The van der Waals surface area contributed by atoms with Gasteiger partial charge >= 0.3 is 0 Å². The Hall–Kier alpha value is -0.570. The van der Waals surface area contributed by atoms with E-state index in [1.807, 2.05) is 20.9 Å². The molecule has 0 aromatic rings. The molecule has 1 aliphatic rings. The van der Waals surface area contributed by atoms with Gasteiger partial charge in [-0.3, -0.25) is 4.79 Å². The molecule has 1 rings (SSSR count). The van der Waals surface area contributed by atoms with Crippen molar-refractivity contribution in [3.05, 3.63) is 0 Å². The summed E-state index contributed by atoms with van der Waals surface area (Å²) in [6, 6.07) is 0.0404. The van der Waals surface area contributed by atoms with Gasteiger partial charge in [0.05, 0.1) is 12.1 Å². The number of likely N-dealkylation sites (N-methyl/N-ethyl adjacent to an activating group) is 1. The number of aliphatic hydroxyl groups excluding tert-OH is 1. The highest BCUT2D eigenvalue weighted by Crippen LogP contribution is 2.23. The number of rotatable bonds is 2. The van der Waals surface area contributed by atoms with Crippen LogP contribution in [0.1, 0.15) is 39.5 Å². The number of hydrogen-bond donors (Lipinski definition) is 1. The van der Waals surface area contributed by atoms with Crippen molar-refractivity contribution in [3.8, 4) is 0 Å². The average Bonchev–Trinajstić information content (AvgIpc) is 2.16. The van der Waals surface area contributed by atoms with Gasteiger partial charge in [-0.2, -0.15) is 0 Å². The molecule has 14 heavy (non-hydrogen) atoms. The molecule has 0 bridgehead atoms. The second-order valence-electron chi connectivity index (χ2n) is 4.52. The van der Waals surface area contributed by atoms with E-state index in [0.717, 1.165) is 25.7 Å². The van der Waals surface area contributed by atoms with Crippen LogP contribution in [0.15, 0.2) is 0 Å². The van der Waals surface area contributed by atoms with E-state index in [4.69, 9.17) is 0 Å². The molecule has 3 nitrogen and oxygen atoms in total. The lowest BCUT2D eigenvalue weighted by molar-refractivity contribution is -0.138. The molecule has 1 saturated carbocycles. The minimum absolute atomic E-state index is 0.0223. The molecule has 2 atom stereocenters. The van der Waals surface area contributed by atoms with Crippen LogP contribution in [0.25, 0.3) is 0 Å². The van der Waals surface area contributed by atoms with Gasteiger partial charge in [-0.05, 0) is 12.8 Å². The smallest absolute Gasteiger partial charge is 0.225 e. The number of carbonyl (C=O) groups excluding carboxylic acids is 1. The lowest BCUT2D eigenvalue weighted by atomic mass is 9.91. The molecule has 0 aromatic heterocycles. The van der Waals surface area contributed by atoms with Crippen LogP contribution in [-0.4, -0.2) is 35.1 Å². The summed E-state index contributed by atoms with van der Waals surface area (Å²) in [5.74, 6) is 0.157. The molecule has 0 heterocycles. The van der Waals surface area contributed by atoms with E-state index >= 15 is 0 Å². The van der Waals surface area contributed by atoms with E-state index in [9.17, 15) is 9.90 Å². The summed E-state index contributed by atoms with van der Waals surface area (Å²) in [7, 11) is 1.81. The van der Waals surface area contributed by atoms with Crippen LogP contribution in [0.2, 0.25) is 0 Å². The van der Waals surface area contributed by atoms with Crippen LogP contribution in [0.5, 0.6) is 0 Å². The Morgan fingerprint density at radius 3 is 2.43 bits per heavy atom. The summed E-state index contributed by atoms with van der Waals surface area (Å²) in [5, 5.41) is 9.78. The van der Waals surface area contributed by atoms with Gasteiger partial charge in [-0.15, -0.1) is 0 Å². The summed E-state index contributed by atoms with van der Waals surface area (Å²) < 4.78 is 0. The monoisotopic (exact) mass is 199 g/mol. The second kappa shape index (κ2) is 4.78. The molecule has 1 amide bonds. The van der Waals surface area contributed by atoms with E-state index in [2.05, 4.69) is 0 Å².